The molecule has 1 atom stereocenters. The summed E-state index contributed by atoms with van der Waals surface area (Å²) in [7, 11) is 0. The molecule has 0 saturated carbocycles. The van der Waals surface area contributed by atoms with Crippen LogP contribution in [-0.4, -0.2) is 18.2 Å². The molecule has 0 spiro atoms. The minimum absolute atomic E-state index is 0. The summed E-state index contributed by atoms with van der Waals surface area (Å²) in [4.78, 5) is 0. The van der Waals surface area contributed by atoms with E-state index in [-0.39, 0.29) is 18.0 Å². The summed E-state index contributed by atoms with van der Waals surface area (Å²) >= 11 is 0. The standard InChI is InChI=1S/C6H14N2O.ClH/c1-6(2)3-5(8-7)4-9-6;/h5,8H,3-4,7H2,1-2H3;1H. The average Bonchev–Trinajstić information content (AvgIpc) is 2.10. The van der Waals surface area contributed by atoms with Crippen molar-refractivity contribution in [3.63, 3.8) is 0 Å². The fourth-order valence-corrected chi connectivity index (χ4v) is 1.14. The van der Waals surface area contributed by atoms with Gasteiger partial charge in [-0.05, 0) is 20.3 Å². The lowest BCUT2D eigenvalue weighted by atomic mass is 10.0. The number of hydrogen-bond acceptors (Lipinski definition) is 3. The van der Waals surface area contributed by atoms with Gasteiger partial charge in [-0.1, -0.05) is 0 Å². The molecular weight excluding hydrogens is 152 g/mol. The van der Waals surface area contributed by atoms with Gasteiger partial charge in [0.2, 0.25) is 0 Å². The third kappa shape index (κ3) is 2.42. The molecule has 1 aliphatic rings. The lowest BCUT2D eigenvalue weighted by Gasteiger charge is -2.15. The molecule has 4 heteroatoms. The average molecular weight is 167 g/mol. The summed E-state index contributed by atoms with van der Waals surface area (Å²) in [5.74, 6) is 5.22. The van der Waals surface area contributed by atoms with Crippen LogP contribution in [0.2, 0.25) is 0 Å². The Morgan fingerprint density at radius 2 is 2.20 bits per heavy atom. The quantitative estimate of drug-likeness (QED) is 0.439. The normalized spacial score (nSPS) is 29.7. The molecule has 0 aromatic carbocycles. The number of hydrazine groups is 1. The van der Waals surface area contributed by atoms with E-state index in [2.05, 4.69) is 19.3 Å². The predicted molar refractivity (Wildman–Crippen MR) is 43.0 cm³/mol. The predicted octanol–water partition coefficient (Wildman–Crippen LogP) is 0.439. The highest BCUT2D eigenvalue weighted by Gasteiger charge is 2.30. The van der Waals surface area contributed by atoms with E-state index in [1.807, 2.05) is 0 Å². The van der Waals surface area contributed by atoms with Crippen molar-refractivity contribution in [3.8, 4) is 0 Å². The number of nitrogens with one attached hydrogen (secondary N) is 1. The van der Waals surface area contributed by atoms with Crippen LogP contribution in [0.1, 0.15) is 20.3 Å². The number of ether oxygens (including phenoxy) is 1. The SMILES string of the molecule is CC1(C)CC(NN)CO1.Cl. The Labute approximate surface area is 67.7 Å². The second-order valence-corrected chi connectivity index (χ2v) is 3.14. The molecule has 0 aromatic heterocycles. The second kappa shape index (κ2) is 3.53. The van der Waals surface area contributed by atoms with Gasteiger partial charge < -0.3 is 4.74 Å². The molecule has 0 amide bonds. The van der Waals surface area contributed by atoms with Gasteiger partial charge in [-0.15, -0.1) is 12.4 Å². The zero-order chi connectivity index (χ0) is 6.91. The molecule has 1 saturated heterocycles. The monoisotopic (exact) mass is 166 g/mol. The number of hydrogen-bond donors (Lipinski definition) is 2. The van der Waals surface area contributed by atoms with Crippen LogP contribution in [-0.2, 0) is 4.74 Å². The molecule has 1 rings (SSSR count). The van der Waals surface area contributed by atoms with Crippen molar-refractivity contribution < 1.29 is 4.74 Å². The zero-order valence-corrected chi connectivity index (χ0v) is 7.20. The highest BCUT2D eigenvalue weighted by Crippen LogP contribution is 2.23. The lowest BCUT2D eigenvalue weighted by Crippen LogP contribution is -2.35. The first kappa shape index (κ1) is 10.2. The van der Waals surface area contributed by atoms with Gasteiger partial charge >= 0.3 is 0 Å². The Kier molecular flexibility index (Phi) is 3.59. The smallest absolute Gasteiger partial charge is 0.0643 e. The maximum absolute atomic E-state index is 5.40. The summed E-state index contributed by atoms with van der Waals surface area (Å²) in [5, 5.41) is 0. The lowest BCUT2D eigenvalue weighted by molar-refractivity contribution is 0.0357. The van der Waals surface area contributed by atoms with Gasteiger partial charge in [0.1, 0.15) is 0 Å². The minimum atomic E-state index is 0. The van der Waals surface area contributed by atoms with Crippen LogP contribution in [0.5, 0.6) is 0 Å². The maximum Gasteiger partial charge on any atom is 0.0643 e. The zero-order valence-electron chi connectivity index (χ0n) is 6.39. The number of rotatable bonds is 1. The van der Waals surface area contributed by atoms with E-state index in [4.69, 9.17) is 10.6 Å². The van der Waals surface area contributed by atoms with Crippen molar-refractivity contribution in [1.29, 1.82) is 0 Å². The Hall–Kier alpha value is 0.170. The fraction of sp³-hybridized carbons (Fsp3) is 1.00. The molecule has 10 heavy (non-hydrogen) atoms. The molecule has 3 N–H and O–H groups in total. The van der Waals surface area contributed by atoms with E-state index >= 15 is 0 Å². The molecule has 1 fully saturated rings. The third-order valence-electron chi connectivity index (χ3n) is 1.65. The fourth-order valence-electron chi connectivity index (χ4n) is 1.14. The highest BCUT2D eigenvalue weighted by molar-refractivity contribution is 5.85. The summed E-state index contributed by atoms with van der Waals surface area (Å²) in [5.41, 5.74) is 2.72. The van der Waals surface area contributed by atoms with Gasteiger partial charge in [0.15, 0.2) is 0 Å². The van der Waals surface area contributed by atoms with Crippen LogP contribution in [0.4, 0.5) is 0 Å². The summed E-state index contributed by atoms with van der Waals surface area (Å²) in [6.07, 6.45) is 1.00. The molecule has 1 unspecified atom stereocenters. The van der Waals surface area contributed by atoms with Crippen LogP contribution >= 0.6 is 12.4 Å². The summed E-state index contributed by atoms with van der Waals surface area (Å²) in [6, 6.07) is 0.347. The molecule has 62 valence electrons. The second-order valence-electron chi connectivity index (χ2n) is 3.14. The molecule has 0 bridgehead atoms. The van der Waals surface area contributed by atoms with Crippen molar-refractivity contribution in [3.05, 3.63) is 0 Å². The van der Waals surface area contributed by atoms with Crippen molar-refractivity contribution in [2.24, 2.45) is 5.84 Å². The molecule has 0 radical (unpaired) electrons. The van der Waals surface area contributed by atoms with E-state index < -0.39 is 0 Å². The summed E-state index contributed by atoms with van der Waals surface area (Å²) < 4.78 is 5.40. The first-order chi connectivity index (χ1) is 4.14. The molecule has 3 nitrogen and oxygen atoms in total. The van der Waals surface area contributed by atoms with Gasteiger partial charge in [-0.25, -0.2) is 0 Å². The van der Waals surface area contributed by atoms with Gasteiger partial charge in [0.05, 0.1) is 12.2 Å². The maximum atomic E-state index is 5.40. The van der Waals surface area contributed by atoms with Gasteiger partial charge in [0, 0.05) is 6.04 Å². The largest absolute Gasteiger partial charge is 0.374 e. The third-order valence-corrected chi connectivity index (χ3v) is 1.65. The van der Waals surface area contributed by atoms with Crippen molar-refractivity contribution >= 4 is 12.4 Å². The number of halogens is 1. The van der Waals surface area contributed by atoms with E-state index in [1.54, 1.807) is 0 Å². The van der Waals surface area contributed by atoms with Crippen molar-refractivity contribution in [2.75, 3.05) is 6.61 Å². The van der Waals surface area contributed by atoms with E-state index in [9.17, 15) is 0 Å². The first-order valence-corrected chi connectivity index (χ1v) is 3.24. The molecule has 1 aliphatic heterocycles. The molecular formula is C6H15ClN2O. The van der Waals surface area contributed by atoms with Crippen LogP contribution in [0.25, 0.3) is 0 Å². The minimum Gasteiger partial charge on any atom is -0.374 e. The van der Waals surface area contributed by atoms with Crippen LogP contribution in [0, 0.1) is 0 Å². The summed E-state index contributed by atoms with van der Waals surface area (Å²) in [6.45, 7) is 4.89. The Balaban J connectivity index is 0.000000810. The number of nitrogens with two attached hydrogens (primary N) is 1. The van der Waals surface area contributed by atoms with Crippen LogP contribution in [0.3, 0.4) is 0 Å². The highest BCUT2D eigenvalue weighted by atomic mass is 35.5. The molecule has 0 aliphatic carbocycles. The Morgan fingerprint density at radius 1 is 1.60 bits per heavy atom. The van der Waals surface area contributed by atoms with Gasteiger partial charge in [0.25, 0.3) is 0 Å². The first-order valence-electron chi connectivity index (χ1n) is 3.24. The van der Waals surface area contributed by atoms with Crippen molar-refractivity contribution in [2.45, 2.75) is 31.9 Å². The van der Waals surface area contributed by atoms with E-state index in [0.29, 0.717) is 6.04 Å². The van der Waals surface area contributed by atoms with Crippen LogP contribution in [0.15, 0.2) is 0 Å². The van der Waals surface area contributed by atoms with Gasteiger partial charge in [-0.2, -0.15) is 0 Å². The van der Waals surface area contributed by atoms with Crippen LogP contribution < -0.4 is 11.3 Å². The topological polar surface area (TPSA) is 47.3 Å². The Morgan fingerprint density at radius 3 is 2.40 bits per heavy atom. The Bertz CT molecular complexity index is 108. The van der Waals surface area contributed by atoms with Crippen molar-refractivity contribution in [1.82, 2.24) is 5.43 Å². The molecule has 0 aromatic rings. The van der Waals surface area contributed by atoms with E-state index in [0.717, 1.165) is 13.0 Å². The van der Waals surface area contributed by atoms with E-state index in [1.165, 1.54) is 0 Å². The van der Waals surface area contributed by atoms with Gasteiger partial charge in [-0.3, -0.25) is 11.3 Å². The molecule has 1 heterocycles.